The van der Waals surface area contributed by atoms with Gasteiger partial charge >= 0.3 is 6.18 Å². The number of ether oxygens (including phenoxy) is 1. The van der Waals surface area contributed by atoms with Gasteiger partial charge in [0.1, 0.15) is 5.75 Å². The van der Waals surface area contributed by atoms with Crippen LogP contribution < -0.4 is 10.1 Å². The molecule has 102 valence electrons. The van der Waals surface area contributed by atoms with Crippen molar-refractivity contribution in [1.82, 2.24) is 5.32 Å². The highest BCUT2D eigenvalue weighted by Crippen LogP contribution is 2.13. The predicted molar refractivity (Wildman–Crippen MR) is 64.6 cm³/mol. The van der Waals surface area contributed by atoms with Crippen LogP contribution in [-0.4, -0.2) is 25.9 Å². The Labute approximate surface area is 105 Å². The SMILES string of the molecule is CC(CCOc1ccccc1)CNCC(F)(F)F. The van der Waals surface area contributed by atoms with Crippen LogP contribution >= 0.6 is 0 Å². The summed E-state index contributed by atoms with van der Waals surface area (Å²) in [7, 11) is 0. The zero-order valence-electron chi connectivity index (χ0n) is 10.3. The normalized spacial score (nSPS) is 13.3. The van der Waals surface area contributed by atoms with Crippen LogP contribution in [0, 0.1) is 5.92 Å². The maximum Gasteiger partial charge on any atom is 0.401 e. The monoisotopic (exact) mass is 261 g/mol. The molecule has 0 fully saturated rings. The van der Waals surface area contributed by atoms with Crippen molar-refractivity contribution >= 4 is 0 Å². The lowest BCUT2D eigenvalue weighted by atomic mass is 10.1. The number of para-hydroxylation sites is 1. The van der Waals surface area contributed by atoms with E-state index in [9.17, 15) is 13.2 Å². The summed E-state index contributed by atoms with van der Waals surface area (Å²) in [5.74, 6) is 0.934. The Balaban J connectivity index is 2.09. The first-order chi connectivity index (χ1) is 8.47. The largest absolute Gasteiger partial charge is 0.494 e. The van der Waals surface area contributed by atoms with E-state index in [1.165, 1.54) is 0 Å². The number of halogens is 3. The van der Waals surface area contributed by atoms with Crippen LogP contribution in [-0.2, 0) is 0 Å². The van der Waals surface area contributed by atoms with Crippen LogP contribution in [0.4, 0.5) is 13.2 Å². The van der Waals surface area contributed by atoms with Crippen LogP contribution in [0.3, 0.4) is 0 Å². The van der Waals surface area contributed by atoms with Crippen LogP contribution in [0.5, 0.6) is 5.75 Å². The minimum absolute atomic E-state index is 0.149. The Morgan fingerprint density at radius 2 is 1.89 bits per heavy atom. The molecule has 1 atom stereocenters. The van der Waals surface area contributed by atoms with Crippen molar-refractivity contribution in [2.75, 3.05) is 19.7 Å². The molecule has 1 rings (SSSR count). The van der Waals surface area contributed by atoms with E-state index in [1.54, 1.807) is 0 Å². The zero-order chi connectivity index (χ0) is 13.4. The molecule has 0 aliphatic heterocycles. The maximum absolute atomic E-state index is 11.9. The van der Waals surface area contributed by atoms with Crippen LogP contribution in [0.2, 0.25) is 0 Å². The Morgan fingerprint density at radius 3 is 2.50 bits per heavy atom. The molecule has 0 amide bonds. The van der Waals surface area contributed by atoms with E-state index < -0.39 is 12.7 Å². The summed E-state index contributed by atoms with van der Waals surface area (Å²) >= 11 is 0. The second-order valence-corrected chi connectivity index (χ2v) is 4.30. The fraction of sp³-hybridized carbons (Fsp3) is 0.538. The van der Waals surface area contributed by atoms with E-state index in [4.69, 9.17) is 4.74 Å². The molecule has 1 unspecified atom stereocenters. The first-order valence-electron chi connectivity index (χ1n) is 5.92. The summed E-state index contributed by atoms with van der Waals surface area (Å²) in [6, 6.07) is 9.36. The van der Waals surface area contributed by atoms with Crippen molar-refractivity contribution in [3.63, 3.8) is 0 Å². The van der Waals surface area contributed by atoms with Crippen molar-refractivity contribution in [2.45, 2.75) is 19.5 Å². The van der Waals surface area contributed by atoms with Crippen LogP contribution in [0.25, 0.3) is 0 Å². The van der Waals surface area contributed by atoms with Crippen molar-refractivity contribution in [1.29, 1.82) is 0 Å². The highest BCUT2D eigenvalue weighted by atomic mass is 19.4. The van der Waals surface area contributed by atoms with Gasteiger partial charge in [-0.25, -0.2) is 0 Å². The van der Waals surface area contributed by atoms with Gasteiger partial charge in [-0.2, -0.15) is 13.2 Å². The summed E-state index contributed by atoms with van der Waals surface area (Å²) in [6.07, 6.45) is -3.42. The van der Waals surface area contributed by atoms with E-state index >= 15 is 0 Å². The number of rotatable bonds is 7. The molecule has 0 heterocycles. The second-order valence-electron chi connectivity index (χ2n) is 4.30. The summed E-state index contributed by atoms with van der Waals surface area (Å²) in [5.41, 5.74) is 0. The quantitative estimate of drug-likeness (QED) is 0.813. The highest BCUT2D eigenvalue weighted by molar-refractivity contribution is 5.20. The zero-order valence-corrected chi connectivity index (χ0v) is 10.3. The lowest BCUT2D eigenvalue weighted by Gasteiger charge is -2.14. The third kappa shape index (κ3) is 7.17. The molecule has 0 aromatic heterocycles. The number of alkyl halides is 3. The van der Waals surface area contributed by atoms with Crippen molar-refractivity contribution in [3.8, 4) is 5.75 Å². The molecule has 0 saturated heterocycles. The molecule has 1 N–H and O–H groups in total. The van der Waals surface area contributed by atoms with Crippen LogP contribution in [0.15, 0.2) is 30.3 Å². The molecule has 0 radical (unpaired) electrons. The standard InChI is InChI=1S/C13H18F3NO/c1-11(9-17-10-13(14,15)16)7-8-18-12-5-3-2-4-6-12/h2-6,11,17H,7-10H2,1H3. The van der Waals surface area contributed by atoms with Gasteiger partial charge in [0.25, 0.3) is 0 Å². The summed E-state index contributed by atoms with van der Waals surface area (Å²) in [5, 5.41) is 2.39. The minimum Gasteiger partial charge on any atom is -0.494 e. The Bertz CT molecular complexity index is 327. The van der Waals surface area contributed by atoms with E-state index in [-0.39, 0.29) is 5.92 Å². The van der Waals surface area contributed by atoms with Crippen molar-refractivity contribution in [2.24, 2.45) is 5.92 Å². The predicted octanol–water partition coefficient (Wildman–Crippen LogP) is 3.24. The van der Waals surface area contributed by atoms with Gasteiger partial charge in [-0.1, -0.05) is 25.1 Å². The van der Waals surface area contributed by atoms with Gasteiger partial charge in [0.2, 0.25) is 0 Å². The van der Waals surface area contributed by atoms with Gasteiger partial charge in [0.05, 0.1) is 13.2 Å². The molecule has 0 aliphatic rings. The average molecular weight is 261 g/mol. The van der Waals surface area contributed by atoms with Gasteiger partial charge in [-0.15, -0.1) is 0 Å². The van der Waals surface area contributed by atoms with Crippen molar-refractivity contribution in [3.05, 3.63) is 30.3 Å². The molecule has 0 aliphatic carbocycles. The second kappa shape index (κ2) is 7.26. The summed E-state index contributed by atoms with van der Waals surface area (Å²) in [6.45, 7) is 1.82. The minimum atomic E-state index is -4.14. The summed E-state index contributed by atoms with van der Waals surface area (Å²) < 4.78 is 41.2. The lowest BCUT2D eigenvalue weighted by molar-refractivity contribution is -0.125. The maximum atomic E-state index is 11.9. The van der Waals surface area contributed by atoms with E-state index in [0.717, 1.165) is 12.2 Å². The molecule has 2 nitrogen and oxygen atoms in total. The molecular formula is C13H18F3NO. The third-order valence-electron chi connectivity index (χ3n) is 2.44. The van der Waals surface area contributed by atoms with E-state index in [2.05, 4.69) is 5.32 Å². The Morgan fingerprint density at radius 1 is 1.22 bits per heavy atom. The van der Waals surface area contributed by atoms with Gasteiger partial charge in [-0.3, -0.25) is 0 Å². The summed E-state index contributed by atoms with van der Waals surface area (Å²) in [4.78, 5) is 0. The van der Waals surface area contributed by atoms with Gasteiger partial charge in [0, 0.05) is 0 Å². The van der Waals surface area contributed by atoms with Crippen molar-refractivity contribution < 1.29 is 17.9 Å². The average Bonchev–Trinajstić information content (AvgIpc) is 2.28. The molecule has 0 bridgehead atoms. The number of benzene rings is 1. The Hall–Kier alpha value is -1.23. The van der Waals surface area contributed by atoms with E-state index in [0.29, 0.717) is 13.2 Å². The fourth-order valence-electron chi connectivity index (χ4n) is 1.46. The van der Waals surface area contributed by atoms with Crippen LogP contribution in [0.1, 0.15) is 13.3 Å². The fourth-order valence-corrected chi connectivity index (χ4v) is 1.46. The number of nitrogens with one attached hydrogen (secondary N) is 1. The van der Waals surface area contributed by atoms with Gasteiger partial charge in [-0.05, 0) is 31.0 Å². The smallest absolute Gasteiger partial charge is 0.401 e. The number of hydrogen-bond acceptors (Lipinski definition) is 2. The Kier molecular flexibility index (Phi) is 5.98. The topological polar surface area (TPSA) is 21.3 Å². The molecule has 0 saturated carbocycles. The molecule has 5 heteroatoms. The number of hydrogen-bond donors (Lipinski definition) is 1. The molecular weight excluding hydrogens is 243 g/mol. The first-order valence-corrected chi connectivity index (χ1v) is 5.92. The van der Waals surface area contributed by atoms with E-state index in [1.807, 2.05) is 37.3 Å². The van der Waals surface area contributed by atoms with Gasteiger partial charge in [0.15, 0.2) is 0 Å². The van der Waals surface area contributed by atoms with Gasteiger partial charge < -0.3 is 10.1 Å². The molecule has 0 spiro atoms. The molecule has 1 aromatic rings. The lowest BCUT2D eigenvalue weighted by Crippen LogP contribution is -2.32. The third-order valence-corrected chi connectivity index (χ3v) is 2.44. The molecule has 1 aromatic carbocycles. The first kappa shape index (κ1) is 14.8. The highest BCUT2D eigenvalue weighted by Gasteiger charge is 2.26. The molecule has 18 heavy (non-hydrogen) atoms.